The lowest BCUT2D eigenvalue weighted by atomic mass is 9.84. The van der Waals surface area contributed by atoms with Crippen molar-refractivity contribution < 1.29 is 13.6 Å². The van der Waals surface area contributed by atoms with Crippen molar-refractivity contribution in [2.45, 2.75) is 44.8 Å². The molecule has 1 aliphatic carbocycles. The van der Waals surface area contributed by atoms with Crippen LogP contribution in [0.2, 0.25) is 0 Å². The summed E-state index contributed by atoms with van der Waals surface area (Å²) < 4.78 is 27.7. The zero-order valence-electron chi connectivity index (χ0n) is 12.7. The average Bonchev–Trinajstić information content (AvgIpc) is 2.91. The highest BCUT2D eigenvalue weighted by molar-refractivity contribution is 5.77. The van der Waals surface area contributed by atoms with Crippen LogP contribution in [0.3, 0.4) is 0 Å². The van der Waals surface area contributed by atoms with E-state index in [4.69, 9.17) is 5.73 Å². The summed E-state index contributed by atoms with van der Waals surface area (Å²) in [4.78, 5) is 15.8. The van der Waals surface area contributed by atoms with Gasteiger partial charge in [0.2, 0.25) is 5.91 Å². The molecule has 0 saturated heterocycles. The minimum atomic E-state index is -2.66. The van der Waals surface area contributed by atoms with Gasteiger partial charge in [0.25, 0.3) is 0 Å². The highest BCUT2D eigenvalue weighted by Crippen LogP contribution is 2.26. The van der Waals surface area contributed by atoms with Gasteiger partial charge in [-0.1, -0.05) is 25.0 Å². The lowest BCUT2D eigenvalue weighted by molar-refractivity contribution is -0.123. The first kappa shape index (κ1) is 15.9. The topological polar surface area (TPSA) is 72.9 Å². The molecular weight excluding hydrogens is 302 g/mol. The molecule has 7 heteroatoms. The van der Waals surface area contributed by atoms with E-state index in [9.17, 15) is 13.6 Å². The lowest BCUT2D eigenvalue weighted by Crippen LogP contribution is -2.44. The van der Waals surface area contributed by atoms with Gasteiger partial charge in [-0.25, -0.2) is 4.98 Å². The van der Waals surface area contributed by atoms with Gasteiger partial charge in [0, 0.05) is 6.04 Å². The second-order valence-electron chi connectivity index (χ2n) is 5.95. The van der Waals surface area contributed by atoms with Crippen molar-refractivity contribution >= 4 is 16.9 Å². The van der Waals surface area contributed by atoms with Gasteiger partial charge >= 0.3 is 6.55 Å². The van der Waals surface area contributed by atoms with Crippen molar-refractivity contribution in [3.8, 4) is 0 Å². The number of nitrogens with zero attached hydrogens (tertiary/aromatic N) is 2. The van der Waals surface area contributed by atoms with Gasteiger partial charge in [0.05, 0.1) is 23.5 Å². The maximum absolute atomic E-state index is 13.4. The molecule has 1 amide bonds. The largest absolute Gasteiger partial charge is 0.369 e. The number of hydrogen-bond acceptors (Lipinski definition) is 3. The van der Waals surface area contributed by atoms with Gasteiger partial charge in [0.15, 0.2) is 0 Å². The first-order chi connectivity index (χ1) is 11.1. The predicted octanol–water partition coefficient (Wildman–Crippen LogP) is 2.57. The Morgan fingerprint density at radius 1 is 1.35 bits per heavy atom. The minimum absolute atomic E-state index is 0.0767. The Labute approximate surface area is 132 Å². The molecule has 0 unspecified atom stereocenters. The third-order valence-corrected chi connectivity index (χ3v) is 4.52. The SMILES string of the molecule is NC(=O)[C@H]1CCCC[C@H]1NCc1nc2ccccc2n1C(F)F. The molecule has 3 N–H and O–H groups in total. The number of fused-ring (bicyclic) bond motifs is 1. The third-order valence-electron chi connectivity index (χ3n) is 4.52. The smallest absolute Gasteiger partial charge is 0.320 e. The number of amides is 1. The van der Waals surface area contributed by atoms with Crippen molar-refractivity contribution in [1.29, 1.82) is 0 Å². The van der Waals surface area contributed by atoms with Crippen LogP contribution in [0.4, 0.5) is 8.78 Å². The standard InChI is InChI=1S/C16H20F2N4O/c17-16(18)22-13-8-4-3-7-12(13)21-14(22)9-20-11-6-2-1-5-10(11)15(19)23/h3-4,7-8,10-11,16,20H,1-2,5-6,9H2,(H2,19,23)/t10-,11+/m0/s1. The predicted molar refractivity (Wildman–Crippen MR) is 82.8 cm³/mol. The summed E-state index contributed by atoms with van der Waals surface area (Å²) in [5.41, 5.74) is 6.40. The van der Waals surface area contributed by atoms with E-state index < -0.39 is 6.55 Å². The molecule has 0 spiro atoms. The van der Waals surface area contributed by atoms with E-state index >= 15 is 0 Å². The summed E-state index contributed by atoms with van der Waals surface area (Å²) in [6.07, 6.45) is 3.55. The Hall–Kier alpha value is -2.02. The molecule has 1 aliphatic rings. The van der Waals surface area contributed by atoms with Gasteiger partial charge in [-0.15, -0.1) is 0 Å². The lowest BCUT2D eigenvalue weighted by Gasteiger charge is -2.30. The van der Waals surface area contributed by atoms with Crippen LogP contribution < -0.4 is 11.1 Å². The number of nitrogens with one attached hydrogen (secondary N) is 1. The number of halogens is 2. The van der Waals surface area contributed by atoms with E-state index in [1.165, 1.54) is 0 Å². The number of hydrogen-bond donors (Lipinski definition) is 2. The summed E-state index contributed by atoms with van der Waals surface area (Å²) in [6, 6.07) is 6.75. The normalized spacial score (nSPS) is 21.9. The zero-order valence-corrected chi connectivity index (χ0v) is 12.7. The number of nitrogens with two attached hydrogens (primary N) is 1. The average molecular weight is 322 g/mol. The number of imidazole rings is 1. The van der Waals surface area contributed by atoms with Crippen LogP contribution in [0.15, 0.2) is 24.3 Å². The van der Waals surface area contributed by atoms with E-state index in [-0.39, 0.29) is 30.2 Å². The number of primary amides is 1. The fourth-order valence-corrected chi connectivity index (χ4v) is 3.37. The number of benzene rings is 1. The summed E-state index contributed by atoms with van der Waals surface area (Å²) in [5, 5.41) is 3.21. The van der Waals surface area contributed by atoms with Crippen LogP contribution in [0.5, 0.6) is 0 Å². The van der Waals surface area contributed by atoms with Crippen LogP contribution >= 0.6 is 0 Å². The van der Waals surface area contributed by atoms with Crippen LogP contribution in [0.25, 0.3) is 11.0 Å². The molecule has 3 rings (SSSR count). The second kappa shape index (κ2) is 6.62. The number of alkyl halides is 2. The van der Waals surface area contributed by atoms with Gasteiger partial charge in [-0.2, -0.15) is 8.78 Å². The number of carbonyl (C=O) groups is 1. The first-order valence-corrected chi connectivity index (χ1v) is 7.84. The van der Waals surface area contributed by atoms with Crippen LogP contribution in [0, 0.1) is 5.92 Å². The van der Waals surface area contributed by atoms with E-state index in [0.717, 1.165) is 30.3 Å². The molecule has 1 saturated carbocycles. The quantitative estimate of drug-likeness (QED) is 0.888. The van der Waals surface area contributed by atoms with Crippen molar-refractivity contribution in [1.82, 2.24) is 14.9 Å². The van der Waals surface area contributed by atoms with E-state index in [1.54, 1.807) is 24.3 Å². The van der Waals surface area contributed by atoms with E-state index in [2.05, 4.69) is 10.3 Å². The molecular formula is C16H20F2N4O. The van der Waals surface area contributed by atoms with Gasteiger partial charge in [-0.05, 0) is 25.0 Å². The van der Waals surface area contributed by atoms with Crippen molar-refractivity contribution in [3.05, 3.63) is 30.1 Å². The summed E-state index contributed by atoms with van der Waals surface area (Å²) in [5.74, 6) is -0.298. The summed E-state index contributed by atoms with van der Waals surface area (Å²) in [6.45, 7) is -2.47. The second-order valence-corrected chi connectivity index (χ2v) is 5.95. The molecule has 2 atom stereocenters. The highest BCUT2D eigenvalue weighted by Gasteiger charge is 2.29. The van der Waals surface area contributed by atoms with Crippen LogP contribution in [0.1, 0.15) is 38.1 Å². The Bertz CT molecular complexity index is 700. The molecule has 1 heterocycles. The Morgan fingerprint density at radius 3 is 2.83 bits per heavy atom. The molecule has 1 aromatic heterocycles. The maximum atomic E-state index is 13.4. The fourth-order valence-electron chi connectivity index (χ4n) is 3.37. The minimum Gasteiger partial charge on any atom is -0.369 e. The van der Waals surface area contributed by atoms with Crippen molar-refractivity contribution in [2.24, 2.45) is 11.7 Å². The molecule has 5 nitrogen and oxygen atoms in total. The number of rotatable bonds is 5. The Morgan fingerprint density at radius 2 is 2.09 bits per heavy atom. The van der Waals surface area contributed by atoms with E-state index in [1.807, 2.05) is 0 Å². The zero-order chi connectivity index (χ0) is 16.4. The monoisotopic (exact) mass is 322 g/mol. The van der Waals surface area contributed by atoms with Crippen molar-refractivity contribution in [3.63, 3.8) is 0 Å². The van der Waals surface area contributed by atoms with Gasteiger partial charge in [-0.3, -0.25) is 9.36 Å². The summed E-state index contributed by atoms with van der Waals surface area (Å²) in [7, 11) is 0. The molecule has 0 aliphatic heterocycles. The highest BCUT2D eigenvalue weighted by atomic mass is 19.3. The maximum Gasteiger partial charge on any atom is 0.320 e. The van der Waals surface area contributed by atoms with Gasteiger partial charge < -0.3 is 11.1 Å². The number of aromatic nitrogens is 2. The molecule has 23 heavy (non-hydrogen) atoms. The molecule has 1 fully saturated rings. The fraction of sp³-hybridized carbons (Fsp3) is 0.500. The summed E-state index contributed by atoms with van der Waals surface area (Å²) >= 11 is 0. The Balaban J connectivity index is 1.81. The number of para-hydroxylation sites is 2. The Kier molecular flexibility index (Phi) is 4.56. The molecule has 0 radical (unpaired) electrons. The van der Waals surface area contributed by atoms with Crippen LogP contribution in [-0.4, -0.2) is 21.5 Å². The molecule has 124 valence electrons. The molecule has 2 aromatic rings. The first-order valence-electron chi connectivity index (χ1n) is 7.84. The third kappa shape index (κ3) is 3.19. The van der Waals surface area contributed by atoms with Crippen molar-refractivity contribution in [2.75, 3.05) is 0 Å². The molecule has 1 aromatic carbocycles. The number of carbonyl (C=O) groups excluding carboxylic acids is 1. The van der Waals surface area contributed by atoms with E-state index in [0.29, 0.717) is 11.0 Å². The molecule has 0 bridgehead atoms. The van der Waals surface area contributed by atoms with Crippen LogP contribution in [-0.2, 0) is 11.3 Å². The van der Waals surface area contributed by atoms with Gasteiger partial charge in [0.1, 0.15) is 5.82 Å².